The van der Waals surface area contributed by atoms with E-state index in [1.54, 1.807) is 26.4 Å². The summed E-state index contributed by atoms with van der Waals surface area (Å²) in [4.78, 5) is 14.4. The average molecular weight is 296 g/mol. The summed E-state index contributed by atoms with van der Waals surface area (Å²) in [5, 5.41) is 0. The fraction of sp³-hybridized carbons (Fsp3) is 0.500. The number of ether oxygens (including phenoxy) is 2. The number of nitrogen functional groups attached to an aromatic ring is 1. The molecule has 1 amide bonds. The fourth-order valence-corrected chi connectivity index (χ4v) is 3.09. The zero-order valence-corrected chi connectivity index (χ0v) is 12.7. The number of carbonyl (C=O) groups excluding carboxylic acids is 1. The standard InChI is InChI=1S/C14H20N2O3S/c1-18-12-8-10(11(15)9-13(12)19-2)14(17)16-4-3-6-20-7-5-16/h8-9H,3-7,15H2,1-2H3. The first-order valence-electron chi connectivity index (χ1n) is 6.56. The summed E-state index contributed by atoms with van der Waals surface area (Å²) < 4.78 is 10.4. The van der Waals surface area contributed by atoms with E-state index in [-0.39, 0.29) is 5.91 Å². The Labute approximate surface area is 123 Å². The topological polar surface area (TPSA) is 64.8 Å². The van der Waals surface area contributed by atoms with Gasteiger partial charge in [0.15, 0.2) is 11.5 Å². The second-order valence-corrected chi connectivity index (χ2v) is 5.78. The largest absolute Gasteiger partial charge is 0.493 e. The molecule has 0 unspecified atom stereocenters. The van der Waals surface area contributed by atoms with Crippen LogP contribution in [0.3, 0.4) is 0 Å². The van der Waals surface area contributed by atoms with E-state index in [4.69, 9.17) is 15.2 Å². The second kappa shape index (κ2) is 6.74. The average Bonchev–Trinajstić information content (AvgIpc) is 2.75. The van der Waals surface area contributed by atoms with Crippen LogP contribution in [0.4, 0.5) is 5.69 Å². The number of hydrogen-bond acceptors (Lipinski definition) is 5. The molecule has 1 aromatic carbocycles. The van der Waals surface area contributed by atoms with Gasteiger partial charge in [-0.2, -0.15) is 11.8 Å². The zero-order valence-electron chi connectivity index (χ0n) is 11.8. The van der Waals surface area contributed by atoms with E-state index in [0.717, 1.165) is 31.0 Å². The smallest absolute Gasteiger partial charge is 0.256 e. The van der Waals surface area contributed by atoms with Crippen LogP contribution >= 0.6 is 11.8 Å². The summed E-state index contributed by atoms with van der Waals surface area (Å²) in [5.74, 6) is 3.09. The van der Waals surface area contributed by atoms with E-state index in [1.165, 1.54) is 0 Å². The number of nitrogens with two attached hydrogens (primary N) is 1. The lowest BCUT2D eigenvalue weighted by atomic mass is 10.1. The van der Waals surface area contributed by atoms with Crippen molar-refractivity contribution in [2.45, 2.75) is 6.42 Å². The number of anilines is 1. The molecular weight excluding hydrogens is 276 g/mol. The third kappa shape index (κ3) is 3.12. The molecule has 0 aliphatic carbocycles. The Morgan fingerprint density at radius 3 is 2.60 bits per heavy atom. The SMILES string of the molecule is COc1cc(N)c(C(=O)N2CCCSCC2)cc1OC. The molecular formula is C14H20N2O3S. The minimum atomic E-state index is -0.0362. The number of carbonyl (C=O) groups is 1. The van der Waals surface area contributed by atoms with Crippen molar-refractivity contribution >= 4 is 23.4 Å². The van der Waals surface area contributed by atoms with Crippen LogP contribution in [0.2, 0.25) is 0 Å². The number of rotatable bonds is 3. The molecule has 5 nitrogen and oxygen atoms in total. The van der Waals surface area contributed by atoms with Gasteiger partial charge in [0.05, 0.1) is 19.8 Å². The predicted octanol–water partition coefficient (Wildman–Crippen LogP) is 1.87. The molecule has 0 saturated carbocycles. The highest BCUT2D eigenvalue weighted by atomic mass is 32.2. The van der Waals surface area contributed by atoms with Gasteiger partial charge in [0.2, 0.25) is 0 Å². The normalized spacial score (nSPS) is 15.6. The van der Waals surface area contributed by atoms with E-state index < -0.39 is 0 Å². The van der Waals surface area contributed by atoms with Gasteiger partial charge in [0.25, 0.3) is 5.91 Å². The molecule has 0 bridgehead atoms. The summed E-state index contributed by atoms with van der Waals surface area (Å²) in [7, 11) is 3.09. The van der Waals surface area contributed by atoms with Gasteiger partial charge in [-0.15, -0.1) is 0 Å². The van der Waals surface area contributed by atoms with E-state index in [9.17, 15) is 4.79 Å². The first-order chi connectivity index (χ1) is 9.67. The first kappa shape index (κ1) is 14.8. The Kier molecular flexibility index (Phi) is 5.00. The van der Waals surface area contributed by atoms with Crippen molar-refractivity contribution in [2.75, 3.05) is 44.5 Å². The van der Waals surface area contributed by atoms with Crippen LogP contribution in [-0.2, 0) is 0 Å². The van der Waals surface area contributed by atoms with Crippen LogP contribution in [0.25, 0.3) is 0 Å². The second-order valence-electron chi connectivity index (χ2n) is 4.55. The van der Waals surface area contributed by atoms with E-state index >= 15 is 0 Å². The Bertz CT molecular complexity index is 486. The van der Waals surface area contributed by atoms with Crippen molar-refractivity contribution in [1.29, 1.82) is 0 Å². The van der Waals surface area contributed by atoms with Crippen LogP contribution in [-0.4, -0.2) is 49.6 Å². The van der Waals surface area contributed by atoms with Crippen molar-refractivity contribution in [2.24, 2.45) is 0 Å². The molecule has 110 valence electrons. The number of thioether (sulfide) groups is 1. The minimum Gasteiger partial charge on any atom is -0.493 e. The molecule has 2 N–H and O–H groups in total. The lowest BCUT2D eigenvalue weighted by molar-refractivity contribution is 0.0769. The third-order valence-electron chi connectivity index (χ3n) is 3.30. The molecule has 1 aliphatic rings. The van der Waals surface area contributed by atoms with Crippen molar-refractivity contribution in [1.82, 2.24) is 4.90 Å². The van der Waals surface area contributed by atoms with E-state index in [0.29, 0.717) is 22.7 Å². The highest BCUT2D eigenvalue weighted by Crippen LogP contribution is 2.32. The summed E-state index contributed by atoms with van der Waals surface area (Å²) in [6.07, 6.45) is 1.02. The van der Waals surface area contributed by atoms with Crippen LogP contribution in [0.5, 0.6) is 11.5 Å². The lowest BCUT2D eigenvalue weighted by Crippen LogP contribution is -2.33. The predicted molar refractivity (Wildman–Crippen MR) is 81.8 cm³/mol. The zero-order chi connectivity index (χ0) is 14.5. The molecule has 1 aromatic rings. The van der Waals surface area contributed by atoms with Crippen molar-refractivity contribution in [3.63, 3.8) is 0 Å². The van der Waals surface area contributed by atoms with Crippen LogP contribution in [0.15, 0.2) is 12.1 Å². The summed E-state index contributed by atoms with van der Waals surface area (Å²) >= 11 is 1.88. The van der Waals surface area contributed by atoms with Crippen molar-refractivity contribution in [3.8, 4) is 11.5 Å². The van der Waals surface area contributed by atoms with Crippen molar-refractivity contribution < 1.29 is 14.3 Å². The Morgan fingerprint density at radius 1 is 1.20 bits per heavy atom. The number of benzene rings is 1. The monoisotopic (exact) mass is 296 g/mol. The molecule has 2 rings (SSSR count). The van der Waals surface area contributed by atoms with Crippen molar-refractivity contribution in [3.05, 3.63) is 17.7 Å². The van der Waals surface area contributed by atoms with Gasteiger partial charge in [-0.05, 0) is 18.2 Å². The first-order valence-corrected chi connectivity index (χ1v) is 7.71. The van der Waals surface area contributed by atoms with Gasteiger partial charge in [0, 0.05) is 30.6 Å². The highest BCUT2D eigenvalue weighted by molar-refractivity contribution is 7.99. The molecule has 1 heterocycles. The number of amides is 1. The minimum absolute atomic E-state index is 0.0362. The molecule has 0 aromatic heterocycles. The highest BCUT2D eigenvalue weighted by Gasteiger charge is 2.21. The Balaban J connectivity index is 2.28. The summed E-state index contributed by atoms with van der Waals surface area (Å²) in [6.45, 7) is 1.54. The quantitative estimate of drug-likeness (QED) is 0.863. The molecule has 20 heavy (non-hydrogen) atoms. The maximum absolute atomic E-state index is 12.6. The number of hydrogen-bond donors (Lipinski definition) is 1. The molecule has 0 spiro atoms. The molecule has 6 heteroatoms. The lowest BCUT2D eigenvalue weighted by Gasteiger charge is -2.21. The third-order valence-corrected chi connectivity index (χ3v) is 4.34. The van der Waals surface area contributed by atoms with E-state index in [1.807, 2.05) is 16.7 Å². The summed E-state index contributed by atoms with van der Waals surface area (Å²) in [6, 6.07) is 3.30. The molecule has 0 radical (unpaired) electrons. The molecule has 1 saturated heterocycles. The van der Waals surface area contributed by atoms with Gasteiger partial charge in [-0.1, -0.05) is 0 Å². The molecule has 0 atom stereocenters. The number of methoxy groups -OCH3 is 2. The van der Waals surface area contributed by atoms with Gasteiger partial charge in [-0.25, -0.2) is 0 Å². The Morgan fingerprint density at radius 2 is 1.90 bits per heavy atom. The fourth-order valence-electron chi connectivity index (χ4n) is 2.20. The van der Waals surface area contributed by atoms with E-state index in [2.05, 4.69) is 0 Å². The van der Waals surface area contributed by atoms with Crippen LogP contribution in [0.1, 0.15) is 16.8 Å². The van der Waals surface area contributed by atoms with Gasteiger partial charge >= 0.3 is 0 Å². The van der Waals surface area contributed by atoms with Gasteiger partial charge in [0.1, 0.15) is 0 Å². The van der Waals surface area contributed by atoms with Crippen LogP contribution in [0, 0.1) is 0 Å². The molecule has 1 fully saturated rings. The maximum atomic E-state index is 12.6. The maximum Gasteiger partial charge on any atom is 0.256 e. The van der Waals surface area contributed by atoms with Gasteiger partial charge < -0.3 is 20.1 Å². The van der Waals surface area contributed by atoms with Crippen LogP contribution < -0.4 is 15.2 Å². The number of nitrogens with zero attached hydrogens (tertiary/aromatic N) is 1. The summed E-state index contributed by atoms with van der Waals surface area (Å²) in [5.41, 5.74) is 6.88. The Hall–Kier alpha value is -1.56. The molecule has 1 aliphatic heterocycles. The van der Waals surface area contributed by atoms with Gasteiger partial charge in [-0.3, -0.25) is 4.79 Å².